The van der Waals surface area contributed by atoms with Gasteiger partial charge >= 0.3 is 0 Å². The number of ketones is 1. The molecule has 3 aromatic heterocycles. The van der Waals surface area contributed by atoms with Crippen LogP contribution in [0, 0.1) is 0 Å². The zero-order valence-electron chi connectivity index (χ0n) is 17.2. The monoisotopic (exact) mass is 432 g/mol. The average molecular weight is 433 g/mol. The topological polar surface area (TPSA) is 76.9 Å². The van der Waals surface area contributed by atoms with Crippen LogP contribution in [0.15, 0.2) is 67.3 Å². The zero-order chi connectivity index (χ0) is 22.0. The molecular weight excluding hydrogens is 412 g/mol. The molecule has 0 unspecified atom stereocenters. The lowest BCUT2D eigenvalue weighted by atomic mass is 10.0. The van der Waals surface area contributed by atoms with Crippen molar-refractivity contribution in [2.45, 2.75) is 26.3 Å². The lowest BCUT2D eigenvalue weighted by molar-refractivity contribution is -0.115. The van der Waals surface area contributed by atoms with Crippen molar-refractivity contribution in [3.8, 4) is 0 Å². The van der Waals surface area contributed by atoms with Crippen molar-refractivity contribution in [3.63, 3.8) is 0 Å². The summed E-state index contributed by atoms with van der Waals surface area (Å²) < 4.78 is 2.06. The number of pyridine rings is 2. The summed E-state index contributed by atoms with van der Waals surface area (Å²) in [5.74, 6) is -0.0384. The van der Waals surface area contributed by atoms with Gasteiger partial charge in [-0.25, -0.2) is 4.98 Å². The van der Waals surface area contributed by atoms with E-state index in [4.69, 9.17) is 11.6 Å². The SMILES string of the molecule is CC(C)n1cc(C(=O)c2ccnc(NC(=O)Cc3ccc(Cl)cc3)c2)c2cnccc21. The number of nitrogens with zero attached hydrogens (tertiary/aromatic N) is 3. The maximum Gasteiger partial charge on any atom is 0.229 e. The van der Waals surface area contributed by atoms with E-state index in [9.17, 15) is 9.59 Å². The highest BCUT2D eigenvalue weighted by molar-refractivity contribution is 6.30. The number of carbonyl (C=O) groups excluding carboxylic acids is 2. The van der Waals surface area contributed by atoms with Crippen LogP contribution in [-0.4, -0.2) is 26.2 Å². The smallest absolute Gasteiger partial charge is 0.229 e. The molecule has 0 spiro atoms. The van der Waals surface area contributed by atoms with Crippen LogP contribution in [0.3, 0.4) is 0 Å². The second-order valence-corrected chi connectivity index (χ2v) is 7.98. The van der Waals surface area contributed by atoms with Crippen LogP contribution in [0.2, 0.25) is 5.02 Å². The Kier molecular flexibility index (Phi) is 5.82. The lowest BCUT2D eigenvalue weighted by Gasteiger charge is -2.08. The number of nitrogens with one attached hydrogen (secondary N) is 1. The first kappa shape index (κ1) is 20.8. The van der Waals surface area contributed by atoms with Gasteiger partial charge in [0.25, 0.3) is 0 Å². The van der Waals surface area contributed by atoms with E-state index in [-0.39, 0.29) is 24.2 Å². The summed E-state index contributed by atoms with van der Waals surface area (Å²) in [6, 6.07) is 12.4. The van der Waals surface area contributed by atoms with E-state index in [1.54, 1.807) is 48.8 Å². The van der Waals surface area contributed by atoms with E-state index in [0.717, 1.165) is 16.5 Å². The van der Waals surface area contributed by atoms with E-state index in [1.807, 2.05) is 12.3 Å². The normalized spacial score (nSPS) is 11.1. The van der Waals surface area contributed by atoms with Crippen molar-refractivity contribution in [1.29, 1.82) is 0 Å². The summed E-state index contributed by atoms with van der Waals surface area (Å²) in [6.07, 6.45) is 6.99. The molecule has 0 fully saturated rings. The fraction of sp³-hybridized carbons (Fsp3) is 0.167. The van der Waals surface area contributed by atoms with Crippen LogP contribution in [-0.2, 0) is 11.2 Å². The molecule has 4 rings (SSSR count). The molecule has 0 aliphatic rings. The molecule has 0 radical (unpaired) electrons. The number of amides is 1. The molecule has 0 saturated heterocycles. The van der Waals surface area contributed by atoms with E-state index in [1.165, 1.54) is 6.20 Å². The first-order valence-electron chi connectivity index (χ1n) is 9.92. The number of fused-ring (bicyclic) bond motifs is 1. The van der Waals surface area contributed by atoms with Gasteiger partial charge in [-0.05, 0) is 49.7 Å². The highest BCUT2D eigenvalue weighted by atomic mass is 35.5. The number of halogens is 1. The van der Waals surface area contributed by atoms with Crippen LogP contribution >= 0.6 is 11.6 Å². The van der Waals surface area contributed by atoms with Crippen molar-refractivity contribution in [2.24, 2.45) is 0 Å². The number of rotatable bonds is 6. The number of carbonyl (C=O) groups is 2. The highest BCUT2D eigenvalue weighted by Gasteiger charge is 2.19. The molecule has 156 valence electrons. The lowest BCUT2D eigenvalue weighted by Crippen LogP contribution is -2.15. The maximum absolute atomic E-state index is 13.3. The molecule has 6 nitrogen and oxygen atoms in total. The molecule has 1 amide bonds. The Morgan fingerprint density at radius 1 is 1.10 bits per heavy atom. The Morgan fingerprint density at radius 3 is 2.61 bits per heavy atom. The molecule has 0 atom stereocenters. The van der Waals surface area contributed by atoms with Gasteiger partial charge in [-0.2, -0.15) is 0 Å². The van der Waals surface area contributed by atoms with Crippen LogP contribution in [0.4, 0.5) is 5.82 Å². The Morgan fingerprint density at radius 2 is 1.87 bits per heavy atom. The zero-order valence-corrected chi connectivity index (χ0v) is 17.9. The van der Waals surface area contributed by atoms with Gasteiger partial charge in [0, 0.05) is 52.4 Å². The third-order valence-electron chi connectivity index (χ3n) is 5.00. The van der Waals surface area contributed by atoms with Gasteiger partial charge in [0.1, 0.15) is 5.82 Å². The minimum atomic E-state index is -0.222. The van der Waals surface area contributed by atoms with Crippen molar-refractivity contribution >= 4 is 40.0 Å². The maximum atomic E-state index is 13.3. The first-order valence-corrected chi connectivity index (χ1v) is 10.3. The Hall–Kier alpha value is -3.51. The van der Waals surface area contributed by atoms with Crippen molar-refractivity contribution in [2.75, 3.05) is 5.32 Å². The molecule has 0 bridgehead atoms. The third-order valence-corrected chi connectivity index (χ3v) is 5.26. The first-order chi connectivity index (χ1) is 14.9. The van der Waals surface area contributed by atoms with E-state index in [0.29, 0.717) is 22.0 Å². The number of benzene rings is 1. The fourth-order valence-electron chi connectivity index (χ4n) is 3.48. The van der Waals surface area contributed by atoms with Gasteiger partial charge in [0.2, 0.25) is 5.91 Å². The molecular formula is C24H21ClN4O2. The molecule has 4 aromatic rings. The Labute approximate surface area is 184 Å². The van der Waals surface area contributed by atoms with Gasteiger partial charge in [-0.3, -0.25) is 14.6 Å². The molecule has 0 aliphatic carbocycles. The minimum Gasteiger partial charge on any atom is -0.344 e. The van der Waals surface area contributed by atoms with Crippen LogP contribution in [0.1, 0.15) is 41.4 Å². The summed E-state index contributed by atoms with van der Waals surface area (Å²) in [5.41, 5.74) is 2.81. The van der Waals surface area contributed by atoms with E-state index >= 15 is 0 Å². The second kappa shape index (κ2) is 8.70. The molecule has 1 aromatic carbocycles. The second-order valence-electron chi connectivity index (χ2n) is 7.55. The summed E-state index contributed by atoms with van der Waals surface area (Å²) >= 11 is 5.88. The predicted molar refractivity (Wildman–Crippen MR) is 122 cm³/mol. The van der Waals surface area contributed by atoms with Gasteiger partial charge in [0.05, 0.1) is 11.9 Å². The molecule has 0 aliphatic heterocycles. The van der Waals surface area contributed by atoms with Crippen LogP contribution < -0.4 is 5.32 Å². The Bertz CT molecular complexity index is 1260. The van der Waals surface area contributed by atoms with Crippen molar-refractivity contribution in [1.82, 2.24) is 14.5 Å². The quantitative estimate of drug-likeness (QED) is 0.431. The summed E-state index contributed by atoms with van der Waals surface area (Å²) in [4.78, 5) is 34.0. The van der Waals surface area contributed by atoms with E-state index < -0.39 is 0 Å². The van der Waals surface area contributed by atoms with Crippen LogP contribution in [0.5, 0.6) is 0 Å². The minimum absolute atomic E-state index is 0.145. The van der Waals surface area contributed by atoms with Gasteiger partial charge in [-0.1, -0.05) is 23.7 Å². The predicted octanol–water partition coefficient (Wildman–Crippen LogP) is 5.08. The van der Waals surface area contributed by atoms with Crippen molar-refractivity contribution in [3.05, 3.63) is 89.0 Å². The molecule has 31 heavy (non-hydrogen) atoms. The number of hydrogen-bond acceptors (Lipinski definition) is 4. The number of anilines is 1. The summed E-state index contributed by atoms with van der Waals surface area (Å²) in [7, 11) is 0. The van der Waals surface area contributed by atoms with Crippen molar-refractivity contribution < 1.29 is 9.59 Å². The molecule has 1 N–H and O–H groups in total. The average Bonchev–Trinajstić information content (AvgIpc) is 3.15. The third kappa shape index (κ3) is 4.49. The summed E-state index contributed by atoms with van der Waals surface area (Å²) in [6.45, 7) is 4.13. The largest absolute Gasteiger partial charge is 0.344 e. The Balaban J connectivity index is 1.57. The van der Waals surface area contributed by atoms with Gasteiger partial charge in [-0.15, -0.1) is 0 Å². The molecule has 0 saturated carbocycles. The number of hydrogen-bond donors (Lipinski definition) is 1. The number of aromatic nitrogens is 3. The van der Waals surface area contributed by atoms with Gasteiger partial charge < -0.3 is 9.88 Å². The van der Waals surface area contributed by atoms with E-state index in [2.05, 4.69) is 33.7 Å². The summed E-state index contributed by atoms with van der Waals surface area (Å²) in [5, 5.41) is 4.17. The fourth-order valence-corrected chi connectivity index (χ4v) is 3.60. The highest BCUT2D eigenvalue weighted by Crippen LogP contribution is 2.26. The van der Waals surface area contributed by atoms with Crippen LogP contribution in [0.25, 0.3) is 10.9 Å². The standard InChI is InChI=1S/C24H21ClN4O2/c1-15(2)29-14-20(19-13-26-9-8-21(19)29)24(31)17-7-10-27-22(12-17)28-23(30)11-16-3-5-18(25)6-4-16/h3-10,12-15H,11H2,1-2H3,(H,27,28,30). The molecule has 3 heterocycles. The molecule has 7 heteroatoms. The van der Waals surface area contributed by atoms with Gasteiger partial charge in [0.15, 0.2) is 5.78 Å².